The van der Waals surface area contributed by atoms with Gasteiger partial charge in [0.1, 0.15) is 13.2 Å². The van der Waals surface area contributed by atoms with Crippen molar-refractivity contribution in [2.75, 3.05) is 31.6 Å². The largest absolute Gasteiger partial charge is 0.619 e. The summed E-state index contributed by atoms with van der Waals surface area (Å²) in [6.07, 6.45) is 2.05. The molecule has 0 spiro atoms. The van der Waals surface area contributed by atoms with Gasteiger partial charge in [0.05, 0.1) is 22.2 Å². The van der Waals surface area contributed by atoms with Gasteiger partial charge in [-0.25, -0.2) is 13.8 Å². The molecular weight excluding hydrogens is 454 g/mol. The lowest BCUT2D eigenvalue weighted by Gasteiger charge is -2.40. The van der Waals surface area contributed by atoms with Gasteiger partial charge in [0, 0.05) is 43.8 Å². The second-order valence-electron chi connectivity index (χ2n) is 8.20. The molecule has 1 aromatic carbocycles. The number of carbonyl (C=O) groups excluding carboxylic acids is 1. The monoisotopic (exact) mass is 476 g/mol. The molecule has 2 aliphatic rings. The molecular formula is C22H22F2N4O4S. The summed E-state index contributed by atoms with van der Waals surface area (Å²) in [6, 6.07) is 5.80. The number of piperidine rings is 1. The fourth-order valence-corrected chi connectivity index (χ4v) is 5.06. The molecule has 0 unspecified atom stereocenters. The number of nitrogens with zero attached hydrogens (tertiary/aromatic N) is 3. The zero-order chi connectivity index (χ0) is 23.2. The Balaban J connectivity index is 1.30. The number of alkyl halides is 2. The lowest BCUT2D eigenvalue weighted by Crippen LogP contribution is -2.52. The van der Waals surface area contributed by atoms with E-state index < -0.39 is 17.9 Å². The molecule has 33 heavy (non-hydrogen) atoms. The van der Waals surface area contributed by atoms with Crippen LogP contribution < -0.4 is 19.5 Å². The van der Waals surface area contributed by atoms with Gasteiger partial charge in [-0.2, -0.15) is 4.73 Å². The number of anilines is 1. The molecule has 1 N–H and O–H groups in total. The smallest absolute Gasteiger partial charge is 0.257 e. The molecule has 3 aromatic rings. The van der Waals surface area contributed by atoms with Gasteiger partial charge < -0.3 is 20.0 Å². The van der Waals surface area contributed by atoms with Gasteiger partial charge >= 0.3 is 0 Å². The van der Waals surface area contributed by atoms with E-state index in [1.165, 1.54) is 35.9 Å². The topological polar surface area (TPSA) is 90.6 Å². The van der Waals surface area contributed by atoms with Gasteiger partial charge in [-0.05, 0) is 12.5 Å². The summed E-state index contributed by atoms with van der Waals surface area (Å²) in [5, 5.41) is 14.5. The van der Waals surface area contributed by atoms with E-state index in [0.29, 0.717) is 45.7 Å². The lowest BCUT2D eigenvalue weighted by molar-refractivity contribution is -0.605. The van der Waals surface area contributed by atoms with E-state index in [0.717, 1.165) is 4.70 Å². The van der Waals surface area contributed by atoms with E-state index in [9.17, 15) is 18.8 Å². The number of carbonyl (C=O) groups is 1. The first-order valence-corrected chi connectivity index (χ1v) is 11.4. The van der Waals surface area contributed by atoms with E-state index in [1.807, 2.05) is 6.07 Å². The molecule has 0 saturated carbocycles. The molecule has 1 amide bonds. The van der Waals surface area contributed by atoms with Gasteiger partial charge in [-0.1, -0.05) is 11.3 Å². The third kappa shape index (κ3) is 4.30. The molecule has 0 bridgehead atoms. The first-order valence-electron chi connectivity index (χ1n) is 10.6. The van der Waals surface area contributed by atoms with E-state index >= 15 is 0 Å². The summed E-state index contributed by atoms with van der Waals surface area (Å²) >= 11 is 1.31. The standard InChI is InChI=1S/C22H22F2N4O4S/c1-13(27-7-4-22(23,24)15(12-27)14-2-5-28(30)6-3-14)20(29)26-21-25-16-10-17-18(11-19(16)33-21)32-9-8-31-17/h2-3,5-6,10-11,13,15H,4,7-9,12H2,1H3,(H,25,26,29)/t13-,15+/m0/s1. The highest BCUT2D eigenvalue weighted by molar-refractivity contribution is 7.22. The predicted octanol–water partition coefficient (Wildman–Crippen LogP) is 3.15. The molecule has 2 atom stereocenters. The molecule has 11 heteroatoms. The average Bonchev–Trinajstić information content (AvgIpc) is 3.18. The number of rotatable bonds is 4. The van der Waals surface area contributed by atoms with Gasteiger partial charge in [0.15, 0.2) is 29.0 Å². The highest BCUT2D eigenvalue weighted by atomic mass is 32.1. The second kappa shape index (κ2) is 8.38. The first-order chi connectivity index (χ1) is 15.8. The molecule has 0 aliphatic carbocycles. The van der Waals surface area contributed by atoms with Gasteiger partial charge in [0.25, 0.3) is 5.92 Å². The minimum atomic E-state index is -2.92. The number of nitrogens with one attached hydrogen (secondary N) is 1. The van der Waals surface area contributed by atoms with Crippen LogP contribution in [-0.2, 0) is 4.79 Å². The van der Waals surface area contributed by atoms with Crippen LogP contribution in [0.2, 0.25) is 0 Å². The van der Waals surface area contributed by atoms with Crippen LogP contribution in [0, 0.1) is 5.21 Å². The summed E-state index contributed by atoms with van der Waals surface area (Å²) in [5.41, 5.74) is 1.06. The molecule has 174 valence electrons. The van der Waals surface area contributed by atoms with Crippen molar-refractivity contribution in [3.05, 3.63) is 47.4 Å². The second-order valence-corrected chi connectivity index (χ2v) is 9.23. The van der Waals surface area contributed by atoms with Crippen molar-refractivity contribution in [1.82, 2.24) is 9.88 Å². The third-order valence-electron chi connectivity index (χ3n) is 6.10. The van der Waals surface area contributed by atoms with E-state index in [4.69, 9.17) is 9.47 Å². The van der Waals surface area contributed by atoms with E-state index in [-0.39, 0.29) is 25.4 Å². The molecule has 4 heterocycles. The maximum Gasteiger partial charge on any atom is 0.257 e. The SMILES string of the molecule is C[C@@H](C(=O)Nc1nc2cc3c(cc2s1)OCCO3)N1CCC(F)(F)[C@@H](c2cc[n+]([O-])cc2)C1. The highest BCUT2D eigenvalue weighted by Crippen LogP contribution is 2.41. The van der Waals surface area contributed by atoms with Crippen molar-refractivity contribution in [1.29, 1.82) is 0 Å². The van der Waals surface area contributed by atoms with Crippen LogP contribution in [0.25, 0.3) is 10.2 Å². The van der Waals surface area contributed by atoms with Crippen LogP contribution in [0.4, 0.5) is 13.9 Å². The van der Waals surface area contributed by atoms with Crippen molar-refractivity contribution in [3.8, 4) is 11.5 Å². The fraction of sp³-hybridized carbons (Fsp3) is 0.409. The highest BCUT2D eigenvalue weighted by Gasteiger charge is 2.46. The first kappa shape index (κ1) is 21.8. The maximum absolute atomic E-state index is 14.6. The van der Waals surface area contributed by atoms with Crippen molar-refractivity contribution in [3.63, 3.8) is 0 Å². The summed E-state index contributed by atoms with van der Waals surface area (Å²) in [7, 11) is 0. The van der Waals surface area contributed by atoms with Crippen LogP contribution in [0.5, 0.6) is 11.5 Å². The van der Waals surface area contributed by atoms with Crippen molar-refractivity contribution in [2.45, 2.75) is 31.2 Å². The predicted molar refractivity (Wildman–Crippen MR) is 118 cm³/mol. The average molecular weight is 477 g/mol. The number of hydrogen-bond acceptors (Lipinski definition) is 7. The summed E-state index contributed by atoms with van der Waals surface area (Å²) in [4.78, 5) is 19.1. The lowest BCUT2D eigenvalue weighted by atomic mass is 9.87. The summed E-state index contributed by atoms with van der Waals surface area (Å²) < 4.78 is 41.9. The quantitative estimate of drug-likeness (QED) is 0.460. The molecule has 0 radical (unpaired) electrons. The number of amides is 1. The number of halogens is 2. The van der Waals surface area contributed by atoms with Crippen LogP contribution in [0.3, 0.4) is 0 Å². The number of hydrogen-bond donors (Lipinski definition) is 1. The molecule has 1 fully saturated rings. The van der Waals surface area contributed by atoms with Crippen molar-refractivity contribution < 1.29 is 27.8 Å². The van der Waals surface area contributed by atoms with Crippen molar-refractivity contribution >= 4 is 32.6 Å². The number of aromatic nitrogens is 2. The van der Waals surface area contributed by atoms with Crippen LogP contribution in [0.1, 0.15) is 24.8 Å². The minimum absolute atomic E-state index is 0.00565. The zero-order valence-electron chi connectivity index (χ0n) is 17.8. The summed E-state index contributed by atoms with van der Waals surface area (Å²) in [6.45, 7) is 2.74. The Morgan fingerprint density at radius 1 is 1.30 bits per heavy atom. The van der Waals surface area contributed by atoms with Gasteiger partial charge in [0.2, 0.25) is 5.91 Å². The Bertz CT molecular complexity index is 1140. The number of fused-ring (bicyclic) bond motifs is 2. The van der Waals surface area contributed by atoms with Gasteiger partial charge in [-0.3, -0.25) is 9.69 Å². The third-order valence-corrected chi connectivity index (χ3v) is 7.03. The Labute approximate surface area is 192 Å². The van der Waals surface area contributed by atoms with Gasteiger partial charge in [-0.15, -0.1) is 0 Å². The normalized spacial score (nSPS) is 21.0. The molecule has 8 nitrogen and oxygen atoms in total. The summed E-state index contributed by atoms with van der Waals surface area (Å²) in [5.74, 6) is -3.07. The number of likely N-dealkylation sites (tertiary alicyclic amines) is 1. The number of benzene rings is 1. The number of pyridine rings is 1. The Hall–Kier alpha value is -3.05. The molecule has 2 aliphatic heterocycles. The molecule has 5 rings (SSSR count). The fourth-order valence-electron chi connectivity index (χ4n) is 4.18. The van der Waals surface area contributed by atoms with Crippen LogP contribution in [0.15, 0.2) is 36.7 Å². The number of thiazole rings is 1. The van der Waals surface area contributed by atoms with Crippen LogP contribution >= 0.6 is 11.3 Å². The van der Waals surface area contributed by atoms with E-state index in [2.05, 4.69) is 10.3 Å². The zero-order valence-corrected chi connectivity index (χ0v) is 18.6. The molecule has 2 aromatic heterocycles. The molecule has 1 saturated heterocycles. The Morgan fingerprint density at radius 3 is 2.73 bits per heavy atom. The van der Waals surface area contributed by atoms with Crippen molar-refractivity contribution in [2.24, 2.45) is 0 Å². The van der Waals surface area contributed by atoms with Crippen LogP contribution in [-0.4, -0.2) is 54.1 Å². The maximum atomic E-state index is 14.6. The Kier molecular flexibility index (Phi) is 5.53. The van der Waals surface area contributed by atoms with E-state index in [1.54, 1.807) is 17.9 Å². The number of ether oxygens (including phenoxy) is 2. The minimum Gasteiger partial charge on any atom is -0.619 e. The Morgan fingerprint density at radius 2 is 2.00 bits per heavy atom.